The average Bonchev–Trinajstić information content (AvgIpc) is 3.04. The molecule has 0 spiro atoms. The fraction of sp³-hybridized carbons (Fsp3) is 0.235. The summed E-state index contributed by atoms with van der Waals surface area (Å²) in [6.45, 7) is 2.44. The van der Waals surface area contributed by atoms with Crippen molar-refractivity contribution in [2.24, 2.45) is 7.05 Å². The van der Waals surface area contributed by atoms with Crippen LogP contribution in [-0.2, 0) is 20.0 Å². The van der Waals surface area contributed by atoms with Crippen molar-refractivity contribution < 1.29 is 9.18 Å². The molecule has 0 fully saturated rings. The van der Waals surface area contributed by atoms with Crippen LogP contribution >= 0.6 is 11.3 Å². The Hall–Kier alpha value is -2.14. The quantitative estimate of drug-likeness (QED) is 0.779. The van der Waals surface area contributed by atoms with Gasteiger partial charge in [-0.15, -0.1) is 11.3 Å². The predicted molar refractivity (Wildman–Crippen MR) is 87.7 cm³/mol. The van der Waals surface area contributed by atoms with Gasteiger partial charge in [0, 0.05) is 18.5 Å². The second kappa shape index (κ2) is 5.93. The Bertz CT molecular complexity index is 834. The summed E-state index contributed by atoms with van der Waals surface area (Å²) in [5.74, 6) is -0.438. The molecule has 114 valence electrons. The summed E-state index contributed by atoms with van der Waals surface area (Å²) in [6, 6.07) is 10.3. The number of aromatic nitrogens is 1. The SMILES string of the molecule is CCc1cc2c(cc(C(=O)NCc3cccc(F)c3)n2C)s1. The normalized spacial score (nSPS) is 11.0. The van der Waals surface area contributed by atoms with Gasteiger partial charge in [-0.3, -0.25) is 4.79 Å². The van der Waals surface area contributed by atoms with Crippen LogP contribution in [-0.4, -0.2) is 10.5 Å². The number of amides is 1. The summed E-state index contributed by atoms with van der Waals surface area (Å²) < 4.78 is 16.2. The maximum atomic E-state index is 13.1. The second-order valence-corrected chi connectivity index (χ2v) is 6.39. The van der Waals surface area contributed by atoms with Crippen molar-refractivity contribution in [2.45, 2.75) is 19.9 Å². The lowest BCUT2D eigenvalue weighted by molar-refractivity contribution is 0.0943. The molecule has 1 N–H and O–H groups in total. The first-order valence-corrected chi connectivity index (χ1v) is 8.01. The van der Waals surface area contributed by atoms with E-state index in [1.165, 1.54) is 17.0 Å². The number of aryl methyl sites for hydroxylation is 2. The second-order valence-electron chi connectivity index (χ2n) is 5.22. The Balaban J connectivity index is 1.77. The third-order valence-electron chi connectivity index (χ3n) is 3.70. The first kappa shape index (κ1) is 14.8. The van der Waals surface area contributed by atoms with Gasteiger partial charge in [0.05, 0.1) is 10.2 Å². The molecule has 0 atom stereocenters. The molecule has 0 saturated heterocycles. The van der Waals surface area contributed by atoms with Crippen molar-refractivity contribution in [1.29, 1.82) is 0 Å². The molecule has 2 heterocycles. The van der Waals surface area contributed by atoms with E-state index in [1.54, 1.807) is 23.5 Å². The monoisotopic (exact) mass is 316 g/mol. The van der Waals surface area contributed by atoms with Crippen LogP contribution in [0.25, 0.3) is 10.2 Å². The zero-order valence-electron chi connectivity index (χ0n) is 12.5. The minimum Gasteiger partial charge on any atom is -0.347 e. The number of rotatable bonds is 4. The van der Waals surface area contributed by atoms with Crippen LogP contribution < -0.4 is 5.32 Å². The van der Waals surface area contributed by atoms with Crippen molar-refractivity contribution >= 4 is 27.5 Å². The number of fused-ring (bicyclic) bond motifs is 1. The highest BCUT2D eigenvalue weighted by Gasteiger charge is 2.15. The topological polar surface area (TPSA) is 34.0 Å². The van der Waals surface area contributed by atoms with Gasteiger partial charge in [0.2, 0.25) is 0 Å². The van der Waals surface area contributed by atoms with Crippen LogP contribution in [0.3, 0.4) is 0 Å². The Morgan fingerprint density at radius 3 is 2.82 bits per heavy atom. The summed E-state index contributed by atoms with van der Waals surface area (Å²) in [5.41, 5.74) is 2.45. The number of carbonyl (C=O) groups excluding carboxylic acids is 1. The zero-order chi connectivity index (χ0) is 15.7. The van der Waals surface area contributed by atoms with E-state index in [-0.39, 0.29) is 11.7 Å². The molecule has 0 aliphatic rings. The van der Waals surface area contributed by atoms with E-state index in [4.69, 9.17) is 0 Å². The molecule has 0 saturated carbocycles. The molecule has 1 amide bonds. The molecule has 3 aromatic rings. The van der Waals surface area contributed by atoms with E-state index >= 15 is 0 Å². The standard InChI is InChI=1S/C17H17FN2OS/c1-3-13-8-14-16(22-13)9-15(20(14)2)17(21)19-10-11-5-4-6-12(18)7-11/h4-9H,3,10H2,1-2H3,(H,19,21). The van der Waals surface area contributed by atoms with Crippen LogP contribution in [0.4, 0.5) is 4.39 Å². The van der Waals surface area contributed by atoms with E-state index < -0.39 is 0 Å². The van der Waals surface area contributed by atoms with Crippen LogP contribution in [0.15, 0.2) is 36.4 Å². The van der Waals surface area contributed by atoms with Gasteiger partial charge in [-0.25, -0.2) is 4.39 Å². The highest BCUT2D eigenvalue weighted by atomic mass is 32.1. The summed E-state index contributed by atoms with van der Waals surface area (Å²) in [7, 11) is 1.89. The van der Waals surface area contributed by atoms with Crippen LogP contribution in [0.5, 0.6) is 0 Å². The maximum Gasteiger partial charge on any atom is 0.268 e. The first-order valence-electron chi connectivity index (χ1n) is 7.19. The zero-order valence-corrected chi connectivity index (χ0v) is 13.3. The number of benzene rings is 1. The molecule has 0 radical (unpaired) electrons. The van der Waals surface area contributed by atoms with Crippen molar-refractivity contribution in [3.63, 3.8) is 0 Å². The minimum atomic E-state index is -0.293. The fourth-order valence-corrected chi connectivity index (χ4v) is 3.54. The number of halogens is 1. The number of hydrogen-bond acceptors (Lipinski definition) is 2. The number of nitrogens with one attached hydrogen (secondary N) is 1. The summed E-state index contributed by atoms with van der Waals surface area (Å²) in [6.07, 6.45) is 1.00. The van der Waals surface area contributed by atoms with Crippen molar-refractivity contribution in [3.05, 3.63) is 58.3 Å². The number of nitrogens with zero attached hydrogens (tertiary/aromatic N) is 1. The molecule has 5 heteroatoms. The third kappa shape index (κ3) is 2.76. The molecular formula is C17H17FN2OS. The van der Waals surface area contributed by atoms with Gasteiger partial charge in [-0.1, -0.05) is 19.1 Å². The third-order valence-corrected chi connectivity index (χ3v) is 4.92. The Morgan fingerprint density at radius 1 is 1.32 bits per heavy atom. The molecule has 22 heavy (non-hydrogen) atoms. The lowest BCUT2D eigenvalue weighted by atomic mass is 10.2. The lowest BCUT2D eigenvalue weighted by Crippen LogP contribution is -2.24. The first-order chi connectivity index (χ1) is 10.6. The van der Waals surface area contributed by atoms with Gasteiger partial charge in [-0.2, -0.15) is 0 Å². The Kier molecular flexibility index (Phi) is 3.98. The van der Waals surface area contributed by atoms with E-state index in [2.05, 4.69) is 18.3 Å². The maximum absolute atomic E-state index is 13.1. The van der Waals surface area contributed by atoms with Gasteiger partial charge in [0.25, 0.3) is 5.91 Å². The summed E-state index contributed by atoms with van der Waals surface area (Å²) in [4.78, 5) is 13.6. The molecular weight excluding hydrogens is 299 g/mol. The fourth-order valence-electron chi connectivity index (χ4n) is 2.47. The molecule has 0 aliphatic carbocycles. The van der Waals surface area contributed by atoms with E-state index in [1.807, 2.05) is 17.7 Å². The largest absolute Gasteiger partial charge is 0.347 e. The van der Waals surface area contributed by atoms with Gasteiger partial charge < -0.3 is 9.88 Å². The van der Waals surface area contributed by atoms with Gasteiger partial charge in [0.1, 0.15) is 11.5 Å². The highest BCUT2D eigenvalue weighted by Crippen LogP contribution is 2.28. The van der Waals surface area contributed by atoms with E-state index in [0.717, 1.165) is 22.2 Å². The molecule has 1 aromatic carbocycles. The van der Waals surface area contributed by atoms with Gasteiger partial charge in [0.15, 0.2) is 0 Å². The van der Waals surface area contributed by atoms with E-state index in [9.17, 15) is 9.18 Å². The summed E-state index contributed by atoms with van der Waals surface area (Å²) >= 11 is 1.72. The molecule has 3 nitrogen and oxygen atoms in total. The van der Waals surface area contributed by atoms with Crippen molar-refractivity contribution in [1.82, 2.24) is 9.88 Å². The van der Waals surface area contributed by atoms with Crippen LogP contribution in [0.1, 0.15) is 27.9 Å². The molecule has 2 aromatic heterocycles. The predicted octanol–water partition coefficient (Wildman–Crippen LogP) is 3.87. The van der Waals surface area contributed by atoms with Crippen LogP contribution in [0.2, 0.25) is 0 Å². The Morgan fingerprint density at radius 2 is 2.14 bits per heavy atom. The van der Waals surface area contributed by atoms with Crippen LogP contribution in [0, 0.1) is 5.82 Å². The Labute approximate surface area is 132 Å². The number of hydrogen-bond donors (Lipinski definition) is 1. The van der Waals surface area contributed by atoms with Gasteiger partial charge >= 0.3 is 0 Å². The average molecular weight is 316 g/mol. The van der Waals surface area contributed by atoms with Crippen molar-refractivity contribution in [3.8, 4) is 0 Å². The number of carbonyl (C=O) groups is 1. The van der Waals surface area contributed by atoms with E-state index in [0.29, 0.717) is 12.2 Å². The molecule has 0 bridgehead atoms. The smallest absolute Gasteiger partial charge is 0.268 e. The molecule has 0 unspecified atom stereocenters. The van der Waals surface area contributed by atoms with Gasteiger partial charge in [-0.05, 0) is 36.2 Å². The lowest BCUT2D eigenvalue weighted by Gasteiger charge is -2.07. The highest BCUT2D eigenvalue weighted by molar-refractivity contribution is 7.19. The minimum absolute atomic E-state index is 0.145. The molecule has 0 aliphatic heterocycles. The molecule has 3 rings (SSSR count). The number of thiophene rings is 1. The summed E-state index contributed by atoms with van der Waals surface area (Å²) in [5, 5.41) is 2.84. The van der Waals surface area contributed by atoms with Crippen molar-refractivity contribution in [2.75, 3.05) is 0 Å².